The van der Waals surface area contributed by atoms with E-state index in [4.69, 9.17) is 4.74 Å². The van der Waals surface area contributed by atoms with E-state index < -0.39 is 0 Å². The number of fused-ring (bicyclic) bond motifs is 16. The fourth-order valence-electron chi connectivity index (χ4n) is 12.0. The van der Waals surface area contributed by atoms with E-state index in [9.17, 15) is 0 Å². The highest BCUT2D eigenvalue weighted by molar-refractivity contribution is 7.02. The van der Waals surface area contributed by atoms with Gasteiger partial charge in [-0.2, -0.15) is 0 Å². The Kier molecular flexibility index (Phi) is 6.48. The van der Waals surface area contributed by atoms with Crippen LogP contribution < -0.4 is 42.4 Å². The molecule has 15 rings (SSSR count). The minimum Gasteiger partial charge on any atom is -0.458 e. The van der Waals surface area contributed by atoms with Crippen LogP contribution in [0.4, 0.5) is 17.1 Å². The molecule has 0 N–H and O–H groups in total. The van der Waals surface area contributed by atoms with Crippen molar-refractivity contribution in [2.75, 3.05) is 4.90 Å². The summed E-state index contributed by atoms with van der Waals surface area (Å²) in [5.41, 5.74) is 22.6. The molecular weight excluding hydrogens is 764 g/mol. The zero-order valence-corrected chi connectivity index (χ0v) is 34.8. The number of rotatable bonds is 3. The summed E-state index contributed by atoms with van der Waals surface area (Å²) in [4.78, 5) is 2.50. The Balaban J connectivity index is 1.06. The summed E-state index contributed by atoms with van der Waals surface area (Å²) in [6.07, 6.45) is 0. The zero-order chi connectivity index (χ0) is 41.2. The van der Waals surface area contributed by atoms with Crippen LogP contribution in [-0.4, -0.2) is 22.6 Å². The van der Waals surface area contributed by atoms with Gasteiger partial charge < -0.3 is 18.8 Å². The summed E-state index contributed by atoms with van der Waals surface area (Å²) in [6, 6.07) is 68.1. The molecule has 4 aliphatic heterocycles. The second-order valence-corrected chi connectivity index (χ2v) is 18.2. The van der Waals surface area contributed by atoms with Crippen LogP contribution in [0.2, 0.25) is 0 Å². The molecule has 0 unspecified atom stereocenters. The average molecular weight is 802 g/mol. The minimum absolute atomic E-state index is 0.00384. The molecule has 0 saturated heterocycles. The standard InChI is InChI=1S/C57H37B2N3O/c1-33(2)35-21-25-42-49(29-35)61-46-19-11-9-17-38(46)40-23-27-48-54(56(40)61)58(42)44-31-45-53(32-51(44)60(48)37-15-7-4-8-16-37)63-52-28-24-41-39-18-10-12-20-47(39)62-50-30-36(34-13-5-3-6-14-34)22-26-43(50)59(45)55(52)57(41)62/h3-33H,1-2H3. The number of anilines is 3. The molecule has 0 amide bonds. The van der Waals surface area contributed by atoms with Crippen LogP contribution in [0.15, 0.2) is 182 Å². The Morgan fingerprint density at radius 1 is 0.413 bits per heavy atom. The van der Waals surface area contributed by atoms with E-state index in [0.29, 0.717) is 5.92 Å². The van der Waals surface area contributed by atoms with Crippen molar-refractivity contribution in [3.05, 3.63) is 188 Å². The summed E-state index contributed by atoms with van der Waals surface area (Å²) >= 11 is 0. The molecular formula is C57H37B2N3O. The molecule has 4 aliphatic rings. The molecule has 9 aromatic carbocycles. The van der Waals surface area contributed by atoms with Crippen LogP contribution in [0.3, 0.4) is 0 Å². The highest BCUT2D eigenvalue weighted by Gasteiger charge is 2.46. The molecule has 0 fully saturated rings. The molecule has 0 saturated carbocycles. The SMILES string of the molecule is CC(C)c1ccc2c(c1)-n1c3ccccc3c3ccc4c(c31)B2c1cc2c(cc1N4c1ccccc1)Oc1ccc3c4ccccc4n4c3c1B2c1ccc(-c2ccccc2)cc1-4. The van der Waals surface area contributed by atoms with Crippen molar-refractivity contribution in [2.45, 2.75) is 19.8 Å². The van der Waals surface area contributed by atoms with E-state index in [2.05, 4.69) is 210 Å². The second-order valence-electron chi connectivity index (χ2n) is 18.2. The van der Waals surface area contributed by atoms with Gasteiger partial charge in [0.15, 0.2) is 0 Å². The molecule has 63 heavy (non-hydrogen) atoms. The van der Waals surface area contributed by atoms with Crippen LogP contribution in [-0.2, 0) is 0 Å². The van der Waals surface area contributed by atoms with Gasteiger partial charge in [0, 0.05) is 56.0 Å². The number of aromatic nitrogens is 2. The first kappa shape index (κ1) is 34.0. The van der Waals surface area contributed by atoms with Gasteiger partial charge in [-0.05, 0) is 110 Å². The van der Waals surface area contributed by atoms with Gasteiger partial charge in [-0.1, -0.05) is 135 Å². The maximum atomic E-state index is 7.25. The van der Waals surface area contributed by atoms with Crippen molar-refractivity contribution >= 4 is 107 Å². The van der Waals surface area contributed by atoms with Crippen LogP contribution in [0.5, 0.6) is 11.5 Å². The molecule has 0 aliphatic carbocycles. The first-order valence-electron chi connectivity index (χ1n) is 22.3. The summed E-state index contributed by atoms with van der Waals surface area (Å²) < 4.78 is 12.3. The predicted molar refractivity (Wildman–Crippen MR) is 265 cm³/mol. The number of para-hydroxylation sites is 3. The molecule has 292 valence electrons. The van der Waals surface area contributed by atoms with Crippen LogP contribution >= 0.6 is 0 Å². The fourth-order valence-corrected chi connectivity index (χ4v) is 12.0. The lowest BCUT2D eigenvalue weighted by Gasteiger charge is -2.41. The Morgan fingerprint density at radius 3 is 1.76 bits per heavy atom. The zero-order valence-electron chi connectivity index (χ0n) is 34.8. The Morgan fingerprint density at radius 2 is 1.03 bits per heavy atom. The average Bonchev–Trinajstić information content (AvgIpc) is 3.86. The predicted octanol–water partition coefficient (Wildman–Crippen LogP) is 10.2. The maximum Gasteiger partial charge on any atom is 0.256 e. The summed E-state index contributed by atoms with van der Waals surface area (Å²) in [6.45, 7) is 4.58. The lowest BCUT2D eigenvalue weighted by molar-refractivity contribution is 0.488. The molecule has 6 heteroatoms. The Labute approximate surface area is 365 Å². The quantitative estimate of drug-likeness (QED) is 0.166. The first-order chi connectivity index (χ1) is 31.1. The lowest BCUT2D eigenvalue weighted by atomic mass is 9.31. The number of hydrogen-bond acceptors (Lipinski definition) is 2. The molecule has 0 radical (unpaired) electrons. The number of hydrogen-bond donors (Lipinski definition) is 0. The van der Waals surface area contributed by atoms with E-state index in [1.807, 2.05) is 0 Å². The summed E-state index contributed by atoms with van der Waals surface area (Å²) in [5.74, 6) is 2.25. The second kappa shape index (κ2) is 12.0. The van der Waals surface area contributed by atoms with Gasteiger partial charge >= 0.3 is 0 Å². The molecule has 0 spiro atoms. The first-order valence-corrected chi connectivity index (χ1v) is 22.3. The van der Waals surface area contributed by atoms with E-state index in [0.717, 1.165) is 22.9 Å². The van der Waals surface area contributed by atoms with Gasteiger partial charge in [-0.25, -0.2) is 0 Å². The van der Waals surface area contributed by atoms with E-state index in [-0.39, 0.29) is 13.4 Å². The fraction of sp³-hybridized carbons (Fsp3) is 0.0526. The van der Waals surface area contributed by atoms with Gasteiger partial charge in [0.25, 0.3) is 13.4 Å². The third-order valence-electron chi connectivity index (χ3n) is 14.7. The van der Waals surface area contributed by atoms with Gasteiger partial charge in [0.05, 0.1) is 22.1 Å². The van der Waals surface area contributed by atoms with Crippen molar-refractivity contribution in [1.29, 1.82) is 0 Å². The van der Waals surface area contributed by atoms with E-state index in [1.54, 1.807) is 0 Å². The van der Waals surface area contributed by atoms with Crippen LogP contribution in [0.1, 0.15) is 25.3 Å². The third kappa shape index (κ3) is 4.28. The molecule has 0 atom stereocenters. The molecule has 6 heterocycles. The van der Waals surface area contributed by atoms with Crippen molar-refractivity contribution in [3.63, 3.8) is 0 Å². The topological polar surface area (TPSA) is 22.3 Å². The number of nitrogens with zero attached hydrogens (tertiary/aromatic N) is 3. The van der Waals surface area contributed by atoms with Gasteiger partial charge in [-0.15, -0.1) is 0 Å². The van der Waals surface area contributed by atoms with Crippen molar-refractivity contribution < 1.29 is 4.74 Å². The van der Waals surface area contributed by atoms with Gasteiger partial charge in [-0.3, -0.25) is 0 Å². The molecule has 4 nitrogen and oxygen atoms in total. The monoisotopic (exact) mass is 801 g/mol. The normalized spacial score (nSPS) is 13.7. The summed E-state index contributed by atoms with van der Waals surface area (Å²) in [7, 11) is 0. The largest absolute Gasteiger partial charge is 0.458 e. The van der Waals surface area contributed by atoms with E-state index in [1.165, 1.54) is 110 Å². The van der Waals surface area contributed by atoms with Gasteiger partial charge in [0.1, 0.15) is 11.5 Å². The smallest absolute Gasteiger partial charge is 0.256 e. The molecule has 11 aromatic rings. The highest BCUT2D eigenvalue weighted by atomic mass is 16.5. The van der Waals surface area contributed by atoms with Crippen molar-refractivity contribution in [2.24, 2.45) is 0 Å². The van der Waals surface area contributed by atoms with Crippen LogP contribution in [0, 0.1) is 0 Å². The highest BCUT2D eigenvalue weighted by Crippen LogP contribution is 2.45. The number of benzene rings is 9. The third-order valence-corrected chi connectivity index (χ3v) is 14.7. The summed E-state index contributed by atoms with van der Waals surface area (Å²) in [5, 5.41) is 5.11. The lowest BCUT2D eigenvalue weighted by Crippen LogP contribution is -2.63. The maximum absolute atomic E-state index is 7.25. The van der Waals surface area contributed by atoms with Crippen molar-refractivity contribution in [1.82, 2.24) is 9.13 Å². The molecule has 2 aromatic heterocycles. The van der Waals surface area contributed by atoms with Crippen molar-refractivity contribution in [3.8, 4) is 34.0 Å². The van der Waals surface area contributed by atoms with E-state index >= 15 is 0 Å². The minimum atomic E-state index is -0.0328. The molecule has 0 bridgehead atoms. The Bertz CT molecular complexity index is 3830. The Hall–Kier alpha value is -7.69. The van der Waals surface area contributed by atoms with Crippen LogP contribution in [0.25, 0.3) is 66.1 Å². The van der Waals surface area contributed by atoms with Gasteiger partial charge in [0.2, 0.25) is 0 Å². The number of ether oxygens (including phenoxy) is 1.